The van der Waals surface area contributed by atoms with Gasteiger partial charge in [0, 0.05) is 18.0 Å². The second-order valence-electron chi connectivity index (χ2n) is 6.08. The Labute approximate surface area is 155 Å². The fourth-order valence-corrected chi connectivity index (χ4v) is 2.76. The lowest BCUT2D eigenvalue weighted by Gasteiger charge is -2.14. The maximum atomic E-state index is 13.0. The van der Waals surface area contributed by atoms with Crippen LogP contribution >= 0.6 is 0 Å². The van der Waals surface area contributed by atoms with Gasteiger partial charge in [0.25, 0.3) is 0 Å². The van der Waals surface area contributed by atoms with Gasteiger partial charge in [0.2, 0.25) is 5.95 Å². The van der Waals surface area contributed by atoms with Crippen molar-refractivity contribution < 1.29 is 9.13 Å². The summed E-state index contributed by atoms with van der Waals surface area (Å²) >= 11 is 0. The monoisotopic (exact) mass is 360 g/mol. The zero-order valence-electron chi connectivity index (χ0n) is 14.6. The van der Waals surface area contributed by atoms with Gasteiger partial charge in [-0.25, -0.2) is 20.2 Å². The molecule has 27 heavy (non-hydrogen) atoms. The first-order valence-electron chi connectivity index (χ1n) is 8.39. The standard InChI is InChI=1S/C21H17FN4O/c1-26(23)21-24-19-5-3-2-4-18(19)20(25-21)14-6-10-16(11-7-14)27-17-12-8-15(22)9-13-17/h2-13H,23H2,1H3. The highest BCUT2D eigenvalue weighted by molar-refractivity contribution is 5.93. The van der Waals surface area contributed by atoms with E-state index in [1.54, 1.807) is 19.2 Å². The van der Waals surface area contributed by atoms with Gasteiger partial charge in [-0.1, -0.05) is 18.2 Å². The van der Waals surface area contributed by atoms with Crippen molar-refractivity contribution in [2.24, 2.45) is 5.84 Å². The van der Waals surface area contributed by atoms with Gasteiger partial charge in [0.1, 0.15) is 17.3 Å². The molecule has 0 aliphatic heterocycles. The Morgan fingerprint density at radius 3 is 2.15 bits per heavy atom. The van der Waals surface area contributed by atoms with Crippen LogP contribution in [0, 0.1) is 5.82 Å². The van der Waals surface area contributed by atoms with Crippen molar-refractivity contribution in [3.63, 3.8) is 0 Å². The molecule has 5 nitrogen and oxygen atoms in total. The molecule has 0 spiro atoms. The SMILES string of the molecule is CN(N)c1nc(-c2ccc(Oc3ccc(F)cc3)cc2)c2ccccc2n1. The molecule has 2 N–H and O–H groups in total. The van der Waals surface area contributed by atoms with E-state index in [0.717, 1.165) is 22.2 Å². The molecule has 0 aliphatic carbocycles. The molecule has 1 aromatic heterocycles. The van der Waals surface area contributed by atoms with E-state index in [1.807, 2.05) is 48.5 Å². The lowest BCUT2D eigenvalue weighted by atomic mass is 10.1. The number of para-hydroxylation sites is 1. The van der Waals surface area contributed by atoms with Crippen molar-refractivity contribution >= 4 is 16.9 Å². The summed E-state index contributed by atoms with van der Waals surface area (Å²) in [6.45, 7) is 0. The predicted octanol–water partition coefficient (Wildman–Crippen LogP) is 4.54. The quantitative estimate of drug-likeness (QED) is 0.428. The van der Waals surface area contributed by atoms with E-state index in [0.29, 0.717) is 17.4 Å². The van der Waals surface area contributed by atoms with Crippen LogP contribution in [0.15, 0.2) is 72.8 Å². The van der Waals surface area contributed by atoms with Crippen molar-refractivity contribution in [3.05, 3.63) is 78.6 Å². The third-order valence-electron chi connectivity index (χ3n) is 4.08. The van der Waals surface area contributed by atoms with E-state index in [1.165, 1.54) is 17.1 Å². The number of hydrogen-bond donors (Lipinski definition) is 1. The van der Waals surface area contributed by atoms with Gasteiger partial charge in [-0.2, -0.15) is 0 Å². The highest BCUT2D eigenvalue weighted by Crippen LogP contribution is 2.30. The first kappa shape index (κ1) is 16.9. The third-order valence-corrected chi connectivity index (χ3v) is 4.08. The lowest BCUT2D eigenvalue weighted by molar-refractivity contribution is 0.480. The summed E-state index contributed by atoms with van der Waals surface area (Å²) in [5.41, 5.74) is 2.53. The highest BCUT2D eigenvalue weighted by atomic mass is 19.1. The largest absolute Gasteiger partial charge is 0.457 e. The zero-order valence-corrected chi connectivity index (χ0v) is 14.6. The molecule has 134 valence electrons. The average Bonchev–Trinajstić information content (AvgIpc) is 2.69. The Balaban J connectivity index is 1.70. The molecule has 0 saturated carbocycles. The van der Waals surface area contributed by atoms with Crippen LogP contribution in [0.5, 0.6) is 11.5 Å². The van der Waals surface area contributed by atoms with Crippen molar-refractivity contribution in [1.82, 2.24) is 9.97 Å². The minimum Gasteiger partial charge on any atom is -0.457 e. The second kappa shape index (κ2) is 7.01. The van der Waals surface area contributed by atoms with E-state index < -0.39 is 0 Å². The number of benzene rings is 3. The number of nitrogens with zero attached hydrogens (tertiary/aromatic N) is 3. The number of aromatic nitrogens is 2. The maximum absolute atomic E-state index is 13.0. The molecule has 3 aromatic carbocycles. The number of hydrogen-bond acceptors (Lipinski definition) is 5. The van der Waals surface area contributed by atoms with Gasteiger partial charge in [0.15, 0.2) is 0 Å². The molecule has 6 heteroatoms. The molecule has 0 radical (unpaired) electrons. The molecular weight excluding hydrogens is 343 g/mol. The van der Waals surface area contributed by atoms with Gasteiger partial charge in [-0.05, 0) is 54.6 Å². The number of fused-ring (bicyclic) bond motifs is 1. The minimum absolute atomic E-state index is 0.297. The molecule has 4 aromatic rings. The first-order chi connectivity index (χ1) is 13.1. The Bertz CT molecular complexity index is 1080. The predicted molar refractivity (Wildman–Crippen MR) is 104 cm³/mol. The normalized spacial score (nSPS) is 10.8. The van der Waals surface area contributed by atoms with Gasteiger partial charge in [0.05, 0.1) is 11.2 Å². The molecule has 0 atom stereocenters. The van der Waals surface area contributed by atoms with Crippen LogP contribution in [0.1, 0.15) is 0 Å². The molecule has 0 amide bonds. The van der Waals surface area contributed by atoms with Crippen molar-refractivity contribution in [2.45, 2.75) is 0 Å². The third kappa shape index (κ3) is 3.56. The van der Waals surface area contributed by atoms with Crippen LogP contribution < -0.4 is 15.6 Å². The fourth-order valence-electron chi connectivity index (χ4n) is 2.76. The molecule has 0 aliphatic rings. The van der Waals surface area contributed by atoms with Crippen molar-refractivity contribution in [1.29, 1.82) is 0 Å². The molecule has 0 saturated heterocycles. The average molecular weight is 360 g/mol. The zero-order chi connectivity index (χ0) is 18.8. The highest BCUT2D eigenvalue weighted by Gasteiger charge is 2.11. The minimum atomic E-state index is -0.297. The fraction of sp³-hybridized carbons (Fsp3) is 0.0476. The van der Waals surface area contributed by atoms with Crippen molar-refractivity contribution in [2.75, 3.05) is 12.1 Å². The van der Waals surface area contributed by atoms with E-state index in [-0.39, 0.29) is 5.82 Å². The van der Waals surface area contributed by atoms with E-state index >= 15 is 0 Å². The van der Waals surface area contributed by atoms with E-state index in [9.17, 15) is 4.39 Å². The van der Waals surface area contributed by atoms with E-state index in [2.05, 4.69) is 9.97 Å². The van der Waals surface area contributed by atoms with Crippen molar-refractivity contribution in [3.8, 4) is 22.8 Å². The number of halogens is 1. The summed E-state index contributed by atoms with van der Waals surface area (Å²) in [4.78, 5) is 9.08. The molecule has 4 rings (SSSR count). The summed E-state index contributed by atoms with van der Waals surface area (Å²) < 4.78 is 18.7. The summed E-state index contributed by atoms with van der Waals surface area (Å²) in [6, 6.07) is 21.2. The molecule has 0 unspecified atom stereocenters. The smallest absolute Gasteiger partial charge is 0.240 e. The number of hydrazine groups is 1. The summed E-state index contributed by atoms with van der Waals surface area (Å²) in [5, 5.41) is 2.33. The Kier molecular flexibility index (Phi) is 4.40. The van der Waals surface area contributed by atoms with Crippen LogP contribution in [-0.4, -0.2) is 17.0 Å². The van der Waals surface area contributed by atoms with Crippen LogP contribution in [0.3, 0.4) is 0 Å². The van der Waals surface area contributed by atoms with Gasteiger partial charge < -0.3 is 4.74 Å². The van der Waals surface area contributed by atoms with Crippen LogP contribution in [-0.2, 0) is 0 Å². The topological polar surface area (TPSA) is 64.3 Å². The lowest BCUT2D eigenvalue weighted by Crippen LogP contribution is -2.27. The van der Waals surface area contributed by atoms with Crippen LogP contribution in [0.25, 0.3) is 22.2 Å². The summed E-state index contributed by atoms with van der Waals surface area (Å²) in [7, 11) is 1.70. The molecular formula is C21H17FN4O. The van der Waals surface area contributed by atoms with Gasteiger partial charge in [-0.15, -0.1) is 0 Å². The second-order valence-corrected chi connectivity index (χ2v) is 6.08. The summed E-state index contributed by atoms with van der Waals surface area (Å²) in [6.07, 6.45) is 0. The Hall–Kier alpha value is -3.51. The number of nitrogens with two attached hydrogens (primary N) is 1. The first-order valence-corrected chi connectivity index (χ1v) is 8.39. The maximum Gasteiger partial charge on any atom is 0.240 e. The number of rotatable bonds is 4. The molecule has 0 bridgehead atoms. The van der Waals surface area contributed by atoms with Crippen LogP contribution in [0.4, 0.5) is 10.3 Å². The van der Waals surface area contributed by atoms with Crippen LogP contribution in [0.2, 0.25) is 0 Å². The number of ether oxygens (including phenoxy) is 1. The Morgan fingerprint density at radius 2 is 1.48 bits per heavy atom. The summed E-state index contributed by atoms with van der Waals surface area (Å²) in [5.74, 6) is 7.20. The molecule has 1 heterocycles. The van der Waals surface area contributed by atoms with Gasteiger partial charge in [-0.3, -0.25) is 5.01 Å². The Morgan fingerprint density at radius 1 is 0.852 bits per heavy atom. The molecule has 0 fully saturated rings. The van der Waals surface area contributed by atoms with E-state index in [4.69, 9.17) is 10.6 Å². The number of anilines is 1. The van der Waals surface area contributed by atoms with Gasteiger partial charge >= 0.3 is 0 Å².